The first-order valence-corrected chi connectivity index (χ1v) is 8.07. The van der Waals surface area contributed by atoms with Crippen LogP contribution >= 0.6 is 0 Å². The number of hydrogen-bond acceptors (Lipinski definition) is 4. The molecule has 1 saturated heterocycles. The van der Waals surface area contributed by atoms with Crippen molar-refractivity contribution in [3.05, 3.63) is 17.8 Å². The Labute approximate surface area is 137 Å². The smallest absolute Gasteiger partial charge is 0.175 e. The van der Waals surface area contributed by atoms with E-state index in [1.807, 2.05) is 25.1 Å². The van der Waals surface area contributed by atoms with Crippen molar-refractivity contribution in [1.82, 2.24) is 20.0 Å². The van der Waals surface area contributed by atoms with Gasteiger partial charge in [-0.15, -0.1) is 0 Å². The number of amidine groups is 2. The molecule has 1 aromatic heterocycles. The zero-order valence-electron chi connectivity index (χ0n) is 14.2. The highest BCUT2D eigenvalue weighted by molar-refractivity contribution is 6.01. The fourth-order valence-corrected chi connectivity index (χ4v) is 2.63. The number of aromatic nitrogens is 2. The number of rotatable bonds is 5. The van der Waals surface area contributed by atoms with Gasteiger partial charge in [-0.2, -0.15) is 5.10 Å². The highest BCUT2D eigenvalue weighted by atomic mass is 15.3. The lowest BCUT2D eigenvalue weighted by Crippen LogP contribution is -2.51. The number of nitrogens with two attached hydrogens (primary N) is 1. The standard InChI is InChI=1S/C16H27N7/c1-4-5-13-10-16(21-20-13)19-14(17)11-15(18)23-8-6-22(7-9-23)12(2)3/h4-5,10,12,18H,6-9,11H2,1-3H3,(H3,17,19,20,21)/b5-4+,18-15?. The van der Waals surface area contributed by atoms with Crippen LogP contribution in [0.3, 0.4) is 0 Å². The molecule has 0 atom stereocenters. The molecule has 1 aliphatic rings. The summed E-state index contributed by atoms with van der Waals surface area (Å²) >= 11 is 0. The van der Waals surface area contributed by atoms with Crippen LogP contribution in [0.4, 0.5) is 5.82 Å². The molecule has 0 spiro atoms. The Balaban J connectivity index is 1.88. The van der Waals surface area contributed by atoms with Gasteiger partial charge < -0.3 is 10.6 Å². The van der Waals surface area contributed by atoms with Crippen molar-refractivity contribution < 1.29 is 0 Å². The third-order valence-electron chi connectivity index (χ3n) is 3.96. The van der Waals surface area contributed by atoms with Crippen LogP contribution < -0.4 is 5.73 Å². The Morgan fingerprint density at radius 2 is 2.13 bits per heavy atom. The van der Waals surface area contributed by atoms with Crippen molar-refractivity contribution in [3.8, 4) is 0 Å². The number of aromatic amines is 1. The maximum Gasteiger partial charge on any atom is 0.175 e. The Bertz CT molecular complexity index is 577. The van der Waals surface area contributed by atoms with E-state index in [-0.39, 0.29) is 0 Å². The first-order chi connectivity index (χ1) is 11.0. The molecule has 0 bridgehead atoms. The van der Waals surface area contributed by atoms with E-state index in [1.165, 1.54) is 0 Å². The van der Waals surface area contributed by atoms with E-state index in [1.54, 1.807) is 0 Å². The third kappa shape index (κ3) is 4.92. The highest BCUT2D eigenvalue weighted by Crippen LogP contribution is 2.12. The summed E-state index contributed by atoms with van der Waals surface area (Å²) in [7, 11) is 0. The lowest BCUT2D eigenvalue weighted by atomic mass is 10.2. The van der Waals surface area contributed by atoms with Crippen LogP contribution in [0.1, 0.15) is 32.9 Å². The van der Waals surface area contributed by atoms with Crippen molar-refractivity contribution in [2.75, 3.05) is 26.2 Å². The normalized spacial score (nSPS) is 17.4. The molecule has 7 heteroatoms. The van der Waals surface area contributed by atoms with Crippen LogP contribution in [0.25, 0.3) is 6.08 Å². The maximum atomic E-state index is 8.23. The minimum Gasteiger partial charge on any atom is -0.387 e. The Hall–Kier alpha value is -2.15. The number of nitrogens with one attached hydrogen (secondary N) is 2. The predicted molar refractivity (Wildman–Crippen MR) is 95.2 cm³/mol. The molecule has 0 amide bonds. The van der Waals surface area contributed by atoms with Crippen molar-refractivity contribution in [2.24, 2.45) is 10.7 Å². The van der Waals surface area contributed by atoms with Crippen LogP contribution in [-0.2, 0) is 0 Å². The summed E-state index contributed by atoms with van der Waals surface area (Å²) in [5.74, 6) is 1.49. The van der Waals surface area contributed by atoms with Gasteiger partial charge in [-0.3, -0.25) is 15.4 Å². The Morgan fingerprint density at radius 3 is 2.74 bits per heavy atom. The molecule has 1 aromatic rings. The molecule has 4 N–H and O–H groups in total. The molecular formula is C16H27N7. The van der Waals surface area contributed by atoms with E-state index in [9.17, 15) is 0 Å². The molecule has 1 aliphatic heterocycles. The van der Waals surface area contributed by atoms with E-state index >= 15 is 0 Å². The van der Waals surface area contributed by atoms with E-state index in [2.05, 4.69) is 38.8 Å². The maximum absolute atomic E-state index is 8.23. The van der Waals surface area contributed by atoms with Gasteiger partial charge in [0.25, 0.3) is 0 Å². The van der Waals surface area contributed by atoms with E-state index in [4.69, 9.17) is 11.1 Å². The summed E-state index contributed by atoms with van der Waals surface area (Å²) in [5.41, 5.74) is 6.86. The minimum absolute atomic E-state index is 0.355. The molecule has 23 heavy (non-hydrogen) atoms. The van der Waals surface area contributed by atoms with Gasteiger partial charge in [-0.1, -0.05) is 6.08 Å². The number of aliphatic imine (C=N–C) groups is 1. The van der Waals surface area contributed by atoms with Gasteiger partial charge in [-0.05, 0) is 26.8 Å². The largest absolute Gasteiger partial charge is 0.387 e. The second-order valence-electron chi connectivity index (χ2n) is 6.02. The van der Waals surface area contributed by atoms with E-state index in [0.717, 1.165) is 31.9 Å². The monoisotopic (exact) mass is 317 g/mol. The topological polar surface area (TPSA) is 97.4 Å². The van der Waals surface area contributed by atoms with Gasteiger partial charge in [0.1, 0.15) is 11.7 Å². The Morgan fingerprint density at radius 1 is 1.43 bits per heavy atom. The molecule has 2 heterocycles. The average Bonchev–Trinajstić information content (AvgIpc) is 2.94. The van der Waals surface area contributed by atoms with Gasteiger partial charge in [0, 0.05) is 38.3 Å². The number of allylic oxidation sites excluding steroid dienone is 1. The highest BCUT2D eigenvalue weighted by Gasteiger charge is 2.20. The molecule has 0 aromatic carbocycles. The molecule has 0 radical (unpaired) electrons. The zero-order chi connectivity index (χ0) is 16.8. The van der Waals surface area contributed by atoms with Gasteiger partial charge in [0.05, 0.1) is 12.1 Å². The van der Waals surface area contributed by atoms with E-state index in [0.29, 0.717) is 30.0 Å². The molecule has 1 fully saturated rings. The molecule has 7 nitrogen and oxygen atoms in total. The molecular weight excluding hydrogens is 290 g/mol. The van der Waals surface area contributed by atoms with Gasteiger partial charge in [0.15, 0.2) is 5.82 Å². The van der Waals surface area contributed by atoms with Crippen molar-refractivity contribution in [1.29, 1.82) is 5.41 Å². The summed E-state index contributed by atoms with van der Waals surface area (Å²) in [5, 5.41) is 15.2. The minimum atomic E-state index is 0.355. The predicted octanol–water partition coefficient (Wildman–Crippen LogP) is 1.82. The first-order valence-electron chi connectivity index (χ1n) is 8.07. The van der Waals surface area contributed by atoms with Crippen LogP contribution in [-0.4, -0.2) is 63.9 Å². The second-order valence-corrected chi connectivity index (χ2v) is 6.02. The van der Waals surface area contributed by atoms with Crippen LogP contribution in [0.5, 0.6) is 0 Å². The Kier molecular flexibility index (Phi) is 5.92. The summed E-state index contributed by atoms with van der Waals surface area (Å²) in [6.45, 7) is 10.1. The summed E-state index contributed by atoms with van der Waals surface area (Å²) in [6, 6.07) is 2.39. The fourth-order valence-electron chi connectivity index (χ4n) is 2.63. The number of H-pyrrole nitrogens is 1. The van der Waals surface area contributed by atoms with Crippen molar-refractivity contribution in [2.45, 2.75) is 33.2 Å². The van der Waals surface area contributed by atoms with Gasteiger partial charge in [0.2, 0.25) is 0 Å². The SMILES string of the molecule is C/C=C/c1cc(N=C(N)CC(=N)N2CCN(C(C)C)CC2)n[nH]1. The molecule has 0 aliphatic carbocycles. The average molecular weight is 317 g/mol. The summed E-state index contributed by atoms with van der Waals surface area (Å²) in [4.78, 5) is 8.78. The molecule has 126 valence electrons. The summed E-state index contributed by atoms with van der Waals surface area (Å²) < 4.78 is 0. The van der Waals surface area contributed by atoms with Crippen LogP contribution in [0, 0.1) is 5.41 Å². The number of piperazine rings is 1. The van der Waals surface area contributed by atoms with Crippen molar-refractivity contribution >= 4 is 23.6 Å². The third-order valence-corrected chi connectivity index (χ3v) is 3.96. The molecule has 2 rings (SSSR count). The van der Waals surface area contributed by atoms with Gasteiger partial charge in [-0.25, -0.2) is 4.99 Å². The van der Waals surface area contributed by atoms with Gasteiger partial charge >= 0.3 is 0 Å². The number of hydrogen-bond donors (Lipinski definition) is 3. The van der Waals surface area contributed by atoms with E-state index < -0.39 is 0 Å². The zero-order valence-corrected chi connectivity index (χ0v) is 14.2. The first kappa shape index (κ1) is 17.2. The number of nitrogens with zero attached hydrogens (tertiary/aromatic N) is 4. The summed E-state index contributed by atoms with van der Waals surface area (Å²) in [6.07, 6.45) is 4.20. The quantitative estimate of drug-likeness (QED) is 0.570. The lowest BCUT2D eigenvalue weighted by Gasteiger charge is -2.38. The lowest BCUT2D eigenvalue weighted by molar-refractivity contribution is 0.147. The molecule has 0 saturated carbocycles. The van der Waals surface area contributed by atoms with Crippen LogP contribution in [0.15, 0.2) is 17.1 Å². The van der Waals surface area contributed by atoms with Crippen molar-refractivity contribution in [3.63, 3.8) is 0 Å². The molecule has 0 unspecified atom stereocenters. The fraction of sp³-hybridized carbons (Fsp3) is 0.562. The second kappa shape index (κ2) is 7.92. The van der Waals surface area contributed by atoms with Crippen LogP contribution in [0.2, 0.25) is 0 Å².